The first-order valence-electron chi connectivity index (χ1n) is 7.63. The molecule has 0 amide bonds. The summed E-state index contributed by atoms with van der Waals surface area (Å²) in [7, 11) is -2.51. The van der Waals surface area contributed by atoms with Gasteiger partial charge in [-0.25, -0.2) is 4.21 Å². The third kappa shape index (κ3) is 4.57. The summed E-state index contributed by atoms with van der Waals surface area (Å²) < 4.78 is 27.8. The third-order valence-corrected chi connectivity index (χ3v) is 4.39. The van der Waals surface area contributed by atoms with Crippen LogP contribution in [0.4, 0.5) is 5.69 Å². The Labute approximate surface area is 135 Å². The second kappa shape index (κ2) is 6.73. The van der Waals surface area contributed by atoms with Crippen molar-refractivity contribution in [2.24, 2.45) is 4.36 Å². The van der Waals surface area contributed by atoms with Gasteiger partial charge in [-0.3, -0.25) is 0 Å². The average Bonchev–Trinajstić information content (AvgIpc) is 2.60. The topological polar surface area (TPSA) is 47.9 Å². The zero-order valence-electron chi connectivity index (χ0n) is 15.0. The fraction of sp³-hybridized carbons (Fsp3) is 0.625. The third-order valence-electron chi connectivity index (χ3n) is 3.74. The smallest absolute Gasteiger partial charge is 0.399 e. The van der Waals surface area contributed by atoms with E-state index in [1.807, 2.05) is 65.8 Å². The van der Waals surface area contributed by atoms with Crippen LogP contribution in [0, 0.1) is 0 Å². The van der Waals surface area contributed by atoms with Crippen LogP contribution in [0.5, 0.6) is 0 Å². The van der Waals surface area contributed by atoms with E-state index in [2.05, 4.69) is 4.36 Å². The van der Waals surface area contributed by atoms with E-state index >= 15 is 0 Å². The van der Waals surface area contributed by atoms with Gasteiger partial charge in [-0.15, -0.1) is 0 Å². The summed E-state index contributed by atoms with van der Waals surface area (Å²) in [6.07, 6.45) is 3.24. The van der Waals surface area contributed by atoms with Crippen LogP contribution in [-0.4, -0.2) is 35.0 Å². The fourth-order valence-corrected chi connectivity index (χ4v) is 2.55. The number of hydrogen-bond donors (Lipinski definition) is 0. The second-order valence-corrected chi connectivity index (χ2v) is 9.00. The normalized spacial score (nSPS) is 19.4. The lowest BCUT2D eigenvalue weighted by molar-refractivity contribution is 0.00578. The van der Waals surface area contributed by atoms with Gasteiger partial charge in [0.1, 0.15) is 0 Å². The lowest BCUT2D eigenvalue weighted by atomic mass is 9.79. The highest BCUT2D eigenvalue weighted by Gasteiger charge is 2.51. The van der Waals surface area contributed by atoms with Crippen LogP contribution >= 0.6 is 0 Å². The minimum Gasteiger partial charge on any atom is -0.399 e. The van der Waals surface area contributed by atoms with Crippen molar-refractivity contribution in [1.82, 2.24) is 0 Å². The number of nitrogens with zero attached hydrogens (tertiary/aromatic N) is 1. The van der Waals surface area contributed by atoms with Gasteiger partial charge in [0.2, 0.25) is 0 Å². The molecule has 2 rings (SSSR count). The SMILES string of the molecule is CC.CC1(C)OB(c2ccc(N=S(C)(C)=O)cc2)OC1(C)C. The van der Waals surface area contributed by atoms with Gasteiger partial charge >= 0.3 is 7.12 Å². The Morgan fingerprint density at radius 2 is 1.36 bits per heavy atom. The highest BCUT2D eigenvalue weighted by molar-refractivity contribution is 7.92. The maximum atomic E-state index is 11.7. The van der Waals surface area contributed by atoms with E-state index in [-0.39, 0.29) is 18.3 Å². The van der Waals surface area contributed by atoms with Crippen LogP contribution < -0.4 is 5.46 Å². The molecule has 0 bridgehead atoms. The van der Waals surface area contributed by atoms with E-state index < -0.39 is 9.73 Å². The largest absolute Gasteiger partial charge is 0.494 e. The average molecular weight is 325 g/mol. The molecule has 6 heteroatoms. The van der Waals surface area contributed by atoms with E-state index in [0.29, 0.717) is 5.69 Å². The molecule has 0 aliphatic carbocycles. The molecule has 1 saturated heterocycles. The zero-order valence-corrected chi connectivity index (χ0v) is 15.8. The van der Waals surface area contributed by atoms with Gasteiger partial charge in [0.05, 0.1) is 16.9 Å². The Morgan fingerprint density at radius 1 is 0.955 bits per heavy atom. The van der Waals surface area contributed by atoms with Gasteiger partial charge in [-0.1, -0.05) is 26.0 Å². The lowest BCUT2D eigenvalue weighted by Crippen LogP contribution is -2.41. The van der Waals surface area contributed by atoms with Crippen molar-refractivity contribution in [3.8, 4) is 0 Å². The van der Waals surface area contributed by atoms with Crippen LogP contribution in [0.1, 0.15) is 41.5 Å². The van der Waals surface area contributed by atoms with E-state index in [0.717, 1.165) is 5.46 Å². The Kier molecular flexibility index (Phi) is 5.87. The lowest BCUT2D eigenvalue weighted by Gasteiger charge is -2.32. The van der Waals surface area contributed by atoms with E-state index in [1.165, 1.54) is 0 Å². The molecule has 1 aliphatic heterocycles. The molecule has 124 valence electrons. The van der Waals surface area contributed by atoms with Crippen LogP contribution in [-0.2, 0) is 19.0 Å². The van der Waals surface area contributed by atoms with Gasteiger partial charge in [0, 0.05) is 22.2 Å². The molecular weight excluding hydrogens is 297 g/mol. The van der Waals surface area contributed by atoms with Gasteiger partial charge < -0.3 is 9.31 Å². The molecule has 0 spiro atoms. The summed E-state index contributed by atoms with van der Waals surface area (Å²) in [5.74, 6) is 0. The summed E-state index contributed by atoms with van der Waals surface area (Å²) >= 11 is 0. The van der Waals surface area contributed by atoms with Crippen molar-refractivity contribution < 1.29 is 13.5 Å². The molecule has 0 atom stereocenters. The zero-order chi connectivity index (χ0) is 17.2. The van der Waals surface area contributed by atoms with Crippen molar-refractivity contribution in [2.75, 3.05) is 12.5 Å². The predicted octanol–water partition coefficient (Wildman–Crippen LogP) is 3.37. The molecular formula is C16H28BNO3S. The minimum atomic E-state index is -2.13. The molecule has 1 fully saturated rings. The maximum Gasteiger partial charge on any atom is 0.494 e. The Hall–Kier alpha value is -0.845. The monoisotopic (exact) mass is 325 g/mol. The highest BCUT2D eigenvalue weighted by Crippen LogP contribution is 2.36. The Morgan fingerprint density at radius 3 is 1.73 bits per heavy atom. The van der Waals surface area contributed by atoms with Gasteiger partial charge in [0.25, 0.3) is 0 Å². The van der Waals surface area contributed by atoms with Crippen LogP contribution in [0.25, 0.3) is 0 Å². The molecule has 0 aromatic heterocycles. The van der Waals surface area contributed by atoms with Crippen LogP contribution in [0.2, 0.25) is 0 Å². The van der Waals surface area contributed by atoms with Crippen molar-refractivity contribution in [3.63, 3.8) is 0 Å². The Bertz CT molecular complexity index is 593. The summed E-state index contributed by atoms with van der Waals surface area (Å²) in [5, 5.41) is 0. The number of hydrogen-bond acceptors (Lipinski definition) is 4. The molecule has 0 radical (unpaired) electrons. The minimum absolute atomic E-state index is 0.345. The molecule has 1 heterocycles. The van der Waals surface area contributed by atoms with E-state index in [4.69, 9.17) is 9.31 Å². The molecule has 0 N–H and O–H groups in total. The van der Waals surface area contributed by atoms with Gasteiger partial charge in [-0.05, 0) is 45.3 Å². The highest BCUT2D eigenvalue weighted by atomic mass is 32.2. The van der Waals surface area contributed by atoms with Crippen molar-refractivity contribution in [2.45, 2.75) is 52.7 Å². The van der Waals surface area contributed by atoms with E-state index in [1.54, 1.807) is 12.5 Å². The first-order chi connectivity index (χ1) is 10.0. The molecule has 0 unspecified atom stereocenters. The molecule has 1 aromatic carbocycles. The Balaban J connectivity index is 0.00000116. The van der Waals surface area contributed by atoms with Crippen molar-refractivity contribution in [1.29, 1.82) is 0 Å². The number of benzene rings is 1. The standard InChI is InChI=1S/C14H22BNO3S.C2H6/c1-13(2)14(3,4)19-15(18-13)11-7-9-12(10-8-11)16-20(5,6)17;1-2/h7-10H,1-6H3;1-2H3. The molecule has 22 heavy (non-hydrogen) atoms. The van der Waals surface area contributed by atoms with Gasteiger partial charge in [0.15, 0.2) is 0 Å². The van der Waals surface area contributed by atoms with Gasteiger partial charge in [-0.2, -0.15) is 4.36 Å². The summed E-state index contributed by atoms with van der Waals surface area (Å²) in [5.41, 5.74) is 0.964. The summed E-state index contributed by atoms with van der Waals surface area (Å²) in [4.78, 5) is 0. The van der Waals surface area contributed by atoms with E-state index in [9.17, 15) is 4.21 Å². The molecule has 1 aromatic rings. The van der Waals surface area contributed by atoms with Crippen molar-refractivity contribution in [3.05, 3.63) is 24.3 Å². The molecule has 4 nitrogen and oxygen atoms in total. The van der Waals surface area contributed by atoms with Crippen molar-refractivity contribution >= 4 is 28.0 Å². The first kappa shape index (κ1) is 19.2. The summed E-state index contributed by atoms with van der Waals surface area (Å²) in [6.45, 7) is 12.1. The van der Waals surface area contributed by atoms with Crippen LogP contribution in [0.3, 0.4) is 0 Å². The first-order valence-corrected chi connectivity index (χ1v) is 9.96. The quantitative estimate of drug-likeness (QED) is 0.783. The van der Waals surface area contributed by atoms with Crippen LogP contribution in [0.15, 0.2) is 28.6 Å². The number of rotatable bonds is 2. The predicted molar refractivity (Wildman–Crippen MR) is 95.6 cm³/mol. The second-order valence-electron chi connectivity index (χ2n) is 6.45. The molecule has 1 aliphatic rings. The summed E-state index contributed by atoms with van der Waals surface area (Å²) in [6, 6.07) is 7.50. The fourth-order valence-electron chi connectivity index (χ4n) is 1.93. The molecule has 0 saturated carbocycles. The maximum absolute atomic E-state index is 11.7.